The molecule has 0 radical (unpaired) electrons. The summed E-state index contributed by atoms with van der Waals surface area (Å²) in [4.78, 5) is 13.4. The van der Waals surface area contributed by atoms with E-state index in [4.69, 9.17) is 4.42 Å². The van der Waals surface area contributed by atoms with E-state index < -0.39 is 0 Å². The van der Waals surface area contributed by atoms with Crippen LogP contribution >= 0.6 is 11.3 Å². The number of nitrogens with one attached hydrogen (secondary N) is 1. The second-order valence-electron chi connectivity index (χ2n) is 5.31. The molecule has 1 aliphatic carbocycles. The van der Waals surface area contributed by atoms with Gasteiger partial charge in [-0.2, -0.15) is 0 Å². The highest BCUT2D eigenvalue weighted by molar-refractivity contribution is 7.10. The summed E-state index contributed by atoms with van der Waals surface area (Å²) in [5.74, 6) is 1.46. The zero-order valence-corrected chi connectivity index (χ0v) is 12.2. The molecule has 1 atom stereocenters. The summed E-state index contributed by atoms with van der Waals surface area (Å²) in [6.07, 6.45) is 6.14. The molecule has 0 aromatic carbocycles. The second kappa shape index (κ2) is 6.27. The SMILES string of the molecule is O=C(NC[C@@H](c1ccco1)c1cccs1)C1CCCC1. The lowest BCUT2D eigenvalue weighted by molar-refractivity contribution is -0.124. The summed E-state index contributed by atoms with van der Waals surface area (Å²) in [6.45, 7) is 0.614. The van der Waals surface area contributed by atoms with Gasteiger partial charge in [-0.05, 0) is 36.4 Å². The summed E-state index contributed by atoms with van der Waals surface area (Å²) in [5.41, 5.74) is 0. The molecular formula is C16H19NO2S. The third-order valence-corrected chi connectivity index (χ3v) is 4.97. The van der Waals surface area contributed by atoms with Crippen LogP contribution in [0.4, 0.5) is 0 Å². The molecule has 20 heavy (non-hydrogen) atoms. The number of carbonyl (C=O) groups excluding carboxylic acids is 1. The van der Waals surface area contributed by atoms with Crippen LogP contribution in [0.2, 0.25) is 0 Å². The Balaban J connectivity index is 1.66. The Labute approximate surface area is 123 Å². The summed E-state index contributed by atoms with van der Waals surface area (Å²) in [7, 11) is 0. The minimum absolute atomic E-state index is 0.121. The van der Waals surface area contributed by atoms with Crippen LogP contribution in [-0.4, -0.2) is 12.5 Å². The number of hydrogen-bond donors (Lipinski definition) is 1. The first-order valence-electron chi connectivity index (χ1n) is 7.19. The first-order chi connectivity index (χ1) is 9.84. The summed E-state index contributed by atoms with van der Waals surface area (Å²) < 4.78 is 5.53. The molecule has 0 bridgehead atoms. The van der Waals surface area contributed by atoms with E-state index >= 15 is 0 Å². The number of amides is 1. The summed E-state index contributed by atoms with van der Waals surface area (Å²) >= 11 is 1.70. The van der Waals surface area contributed by atoms with Crippen molar-refractivity contribution >= 4 is 17.2 Å². The lowest BCUT2D eigenvalue weighted by Gasteiger charge is -2.16. The maximum atomic E-state index is 12.2. The predicted octanol–water partition coefficient (Wildman–Crippen LogP) is 3.78. The van der Waals surface area contributed by atoms with Crippen LogP contribution in [0, 0.1) is 5.92 Å². The molecule has 0 aliphatic heterocycles. The van der Waals surface area contributed by atoms with Crippen molar-refractivity contribution in [1.29, 1.82) is 0 Å². The molecule has 1 N–H and O–H groups in total. The number of thiophene rings is 1. The van der Waals surface area contributed by atoms with Gasteiger partial charge in [0.05, 0.1) is 12.2 Å². The fraction of sp³-hybridized carbons (Fsp3) is 0.438. The van der Waals surface area contributed by atoms with E-state index in [2.05, 4.69) is 16.8 Å². The van der Waals surface area contributed by atoms with Crippen molar-refractivity contribution in [3.8, 4) is 0 Å². The van der Waals surface area contributed by atoms with Crippen LogP contribution in [0.1, 0.15) is 42.2 Å². The first kappa shape index (κ1) is 13.4. The van der Waals surface area contributed by atoms with E-state index in [0.717, 1.165) is 18.6 Å². The normalized spacial score (nSPS) is 17.2. The van der Waals surface area contributed by atoms with Gasteiger partial charge in [0.2, 0.25) is 5.91 Å². The highest BCUT2D eigenvalue weighted by atomic mass is 32.1. The molecule has 0 unspecified atom stereocenters. The third kappa shape index (κ3) is 2.96. The van der Waals surface area contributed by atoms with Crippen molar-refractivity contribution in [3.63, 3.8) is 0 Å². The zero-order valence-electron chi connectivity index (χ0n) is 11.4. The lowest BCUT2D eigenvalue weighted by atomic mass is 10.0. The molecule has 2 aromatic heterocycles. The maximum Gasteiger partial charge on any atom is 0.223 e. The van der Waals surface area contributed by atoms with Gasteiger partial charge in [0.15, 0.2) is 0 Å². The fourth-order valence-corrected chi connectivity index (χ4v) is 3.69. The van der Waals surface area contributed by atoms with Crippen LogP contribution < -0.4 is 5.32 Å². The van der Waals surface area contributed by atoms with Crippen molar-refractivity contribution in [1.82, 2.24) is 5.32 Å². The van der Waals surface area contributed by atoms with Gasteiger partial charge in [-0.1, -0.05) is 18.9 Å². The number of furan rings is 1. The summed E-state index contributed by atoms with van der Waals surface area (Å²) in [5, 5.41) is 5.17. The molecule has 3 nitrogen and oxygen atoms in total. The van der Waals surface area contributed by atoms with Gasteiger partial charge < -0.3 is 9.73 Å². The molecule has 4 heteroatoms. The van der Waals surface area contributed by atoms with Crippen molar-refractivity contribution in [2.24, 2.45) is 5.92 Å². The standard InChI is InChI=1S/C16H19NO2S/c18-16(12-5-1-2-6-12)17-11-13(14-7-3-9-19-14)15-8-4-10-20-15/h3-4,7-10,12-13H,1-2,5-6,11H2,(H,17,18)/t13-/m0/s1. The van der Waals surface area contributed by atoms with Gasteiger partial charge in [0.25, 0.3) is 0 Å². The molecule has 106 valence electrons. The topological polar surface area (TPSA) is 42.2 Å². The van der Waals surface area contributed by atoms with E-state index in [0.29, 0.717) is 6.54 Å². The number of carbonyl (C=O) groups is 1. The molecule has 1 amide bonds. The van der Waals surface area contributed by atoms with Gasteiger partial charge in [-0.15, -0.1) is 11.3 Å². The van der Waals surface area contributed by atoms with Crippen molar-refractivity contribution in [3.05, 3.63) is 46.5 Å². The van der Waals surface area contributed by atoms with Crippen molar-refractivity contribution in [2.75, 3.05) is 6.54 Å². The highest BCUT2D eigenvalue weighted by Crippen LogP contribution is 2.29. The number of rotatable bonds is 5. The lowest BCUT2D eigenvalue weighted by Crippen LogP contribution is -2.32. The summed E-state index contributed by atoms with van der Waals surface area (Å²) in [6, 6.07) is 8.01. The largest absolute Gasteiger partial charge is 0.469 e. The Hall–Kier alpha value is -1.55. The minimum atomic E-state index is 0.121. The second-order valence-corrected chi connectivity index (χ2v) is 6.29. The molecule has 1 saturated carbocycles. The Morgan fingerprint density at radius 2 is 2.20 bits per heavy atom. The van der Waals surface area contributed by atoms with E-state index in [1.807, 2.05) is 18.2 Å². The van der Waals surface area contributed by atoms with Gasteiger partial charge in [-0.25, -0.2) is 0 Å². The van der Waals surface area contributed by atoms with Crippen LogP contribution in [-0.2, 0) is 4.79 Å². The minimum Gasteiger partial charge on any atom is -0.469 e. The Morgan fingerprint density at radius 1 is 1.35 bits per heavy atom. The highest BCUT2D eigenvalue weighted by Gasteiger charge is 2.24. The molecule has 3 rings (SSSR count). The fourth-order valence-electron chi connectivity index (χ4n) is 2.86. The molecule has 1 fully saturated rings. The van der Waals surface area contributed by atoms with Gasteiger partial charge in [0.1, 0.15) is 5.76 Å². The monoisotopic (exact) mass is 289 g/mol. The average molecular weight is 289 g/mol. The Morgan fingerprint density at radius 3 is 2.85 bits per heavy atom. The zero-order chi connectivity index (χ0) is 13.8. The quantitative estimate of drug-likeness (QED) is 0.910. The Bertz CT molecular complexity index is 493. The van der Waals surface area contributed by atoms with E-state index in [1.165, 1.54) is 17.7 Å². The van der Waals surface area contributed by atoms with Gasteiger partial charge in [-0.3, -0.25) is 4.79 Å². The molecule has 2 heterocycles. The molecular weight excluding hydrogens is 270 g/mol. The van der Waals surface area contributed by atoms with Gasteiger partial charge >= 0.3 is 0 Å². The maximum absolute atomic E-state index is 12.2. The van der Waals surface area contributed by atoms with E-state index in [9.17, 15) is 4.79 Å². The van der Waals surface area contributed by atoms with Crippen LogP contribution in [0.3, 0.4) is 0 Å². The molecule has 2 aromatic rings. The van der Waals surface area contributed by atoms with Crippen LogP contribution in [0.15, 0.2) is 40.3 Å². The first-order valence-corrected chi connectivity index (χ1v) is 8.07. The van der Waals surface area contributed by atoms with Crippen LogP contribution in [0.5, 0.6) is 0 Å². The predicted molar refractivity (Wildman–Crippen MR) is 79.8 cm³/mol. The van der Waals surface area contributed by atoms with E-state index in [-0.39, 0.29) is 17.7 Å². The molecule has 0 saturated heterocycles. The third-order valence-electron chi connectivity index (χ3n) is 3.98. The molecule has 1 aliphatic rings. The molecule has 0 spiro atoms. The average Bonchev–Trinajstić information content (AvgIpc) is 3.22. The van der Waals surface area contributed by atoms with Crippen molar-refractivity contribution in [2.45, 2.75) is 31.6 Å². The van der Waals surface area contributed by atoms with E-state index in [1.54, 1.807) is 17.6 Å². The van der Waals surface area contributed by atoms with Gasteiger partial charge in [0, 0.05) is 17.3 Å². The van der Waals surface area contributed by atoms with Crippen molar-refractivity contribution < 1.29 is 9.21 Å². The smallest absolute Gasteiger partial charge is 0.223 e. The number of hydrogen-bond acceptors (Lipinski definition) is 3. The van der Waals surface area contributed by atoms with Crippen LogP contribution in [0.25, 0.3) is 0 Å². The Kier molecular flexibility index (Phi) is 4.21.